The molecule has 0 fully saturated rings. The van der Waals surface area contributed by atoms with Crippen LogP contribution in [0.3, 0.4) is 0 Å². The smallest absolute Gasteiger partial charge is 0.227 e. The second-order valence-electron chi connectivity index (χ2n) is 12.0. The fourth-order valence-corrected chi connectivity index (χ4v) is 7.86. The van der Waals surface area contributed by atoms with Crippen LogP contribution in [0.5, 0.6) is 0 Å². The van der Waals surface area contributed by atoms with Crippen molar-refractivity contribution in [2.45, 2.75) is 0 Å². The third kappa shape index (κ3) is 4.40. The molecule has 3 heterocycles. The Kier molecular flexibility index (Phi) is 6.01. The first kappa shape index (κ1) is 27.0. The fraction of sp³-hybridized carbons (Fsp3) is 0. The molecule has 0 aliphatic rings. The topological polar surface area (TPSA) is 42.4 Å². The van der Waals surface area contributed by atoms with E-state index in [0.29, 0.717) is 5.89 Å². The molecule has 0 saturated heterocycles. The molecule has 0 aliphatic heterocycles. The molecule has 0 N–H and O–H groups in total. The number of benzene rings is 7. The molecular weight excluding hydrogens is 609 g/mol. The van der Waals surface area contributed by atoms with Gasteiger partial charge in [0.05, 0.1) is 0 Å². The predicted molar refractivity (Wildman–Crippen MR) is 200 cm³/mol. The van der Waals surface area contributed by atoms with Gasteiger partial charge in [-0.1, -0.05) is 78.9 Å². The van der Waals surface area contributed by atoms with Gasteiger partial charge >= 0.3 is 0 Å². The second kappa shape index (κ2) is 10.7. The van der Waals surface area contributed by atoms with E-state index < -0.39 is 0 Å². The normalized spacial score (nSPS) is 11.8. The van der Waals surface area contributed by atoms with Crippen LogP contribution in [0.4, 0.5) is 17.1 Å². The summed E-state index contributed by atoms with van der Waals surface area (Å²) in [6, 6.07) is 55.1. The number of para-hydroxylation sites is 1. The Labute approximate surface area is 279 Å². The Morgan fingerprint density at radius 2 is 1.06 bits per heavy atom. The van der Waals surface area contributed by atoms with Gasteiger partial charge < -0.3 is 13.7 Å². The van der Waals surface area contributed by atoms with Gasteiger partial charge in [-0.3, -0.25) is 0 Å². The monoisotopic (exact) mass is 634 g/mol. The fourth-order valence-electron chi connectivity index (χ4n) is 6.76. The van der Waals surface area contributed by atoms with E-state index in [9.17, 15) is 0 Å². The molecule has 3 aromatic heterocycles. The molecular formula is C43H26N2O2S. The Morgan fingerprint density at radius 1 is 0.417 bits per heavy atom. The Balaban J connectivity index is 1.14. The number of thiophene rings is 1. The lowest BCUT2D eigenvalue weighted by molar-refractivity contribution is 0.620. The Hall–Kier alpha value is -6.17. The van der Waals surface area contributed by atoms with Crippen LogP contribution in [0, 0.1) is 0 Å². The summed E-state index contributed by atoms with van der Waals surface area (Å²) in [6.07, 6.45) is 0. The van der Waals surface area contributed by atoms with Gasteiger partial charge in [-0.05, 0) is 77.9 Å². The molecule has 226 valence electrons. The number of hydrogen-bond donors (Lipinski definition) is 0. The Morgan fingerprint density at radius 3 is 1.90 bits per heavy atom. The highest BCUT2D eigenvalue weighted by molar-refractivity contribution is 7.25. The van der Waals surface area contributed by atoms with E-state index in [1.54, 1.807) is 11.3 Å². The maximum absolute atomic E-state index is 6.34. The van der Waals surface area contributed by atoms with Gasteiger partial charge in [-0.2, -0.15) is 0 Å². The molecule has 4 nitrogen and oxygen atoms in total. The molecule has 10 rings (SSSR count). The van der Waals surface area contributed by atoms with Crippen LogP contribution >= 0.6 is 11.3 Å². The van der Waals surface area contributed by atoms with Crippen molar-refractivity contribution in [2.24, 2.45) is 0 Å². The molecule has 0 spiro atoms. The van der Waals surface area contributed by atoms with Crippen LogP contribution in [0.2, 0.25) is 0 Å². The lowest BCUT2D eigenvalue weighted by atomic mass is 10.0. The first-order valence-electron chi connectivity index (χ1n) is 15.9. The molecule has 48 heavy (non-hydrogen) atoms. The zero-order valence-electron chi connectivity index (χ0n) is 25.6. The largest absolute Gasteiger partial charge is 0.456 e. The van der Waals surface area contributed by atoms with Crippen LogP contribution in [0.15, 0.2) is 167 Å². The lowest BCUT2D eigenvalue weighted by Gasteiger charge is -2.26. The third-order valence-corrected chi connectivity index (χ3v) is 10.2. The van der Waals surface area contributed by atoms with E-state index in [0.717, 1.165) is 55.7 Å². The minimum Gasteiger partial charge on any atom is -0.456 e. The van der Waals surface area contributed by atoms with Gasteiger partial charge in [0, 0.05) is 65.7 Å². The van der Waals surface area contributed by atoms with Crippen molar-refractivity contribution in [1.29, 1.82) is 0 Å². The predicted octanol–water partition coefficient (Wildman–Crippen LogP) is 12.9. The van der Waals surface area contributed by atoms with E-state index in [4.69, 9.17) is 13.8 Å². The highest BCUT2D eigenvalue weighted by atomic mass is 32.1. The summed E-state index contributed by atoms with van der Waals surface area (Å²) < 4.78 is 14.9. The van der Waals surface area contributed by atoms with E-state index in [1.165, 1.54) is 31.3 Å². The number of hydrogen-bond acceptors (Lipinski definition) is 5. The van der Waals surface area contributed by atoms with E-state index in [-0.39, 0.29) is 0 Å². The van der Waals surface area contributed by atoms with Gasteiger partial charge in [0.25, 0.3) is 0 Å². The van der Waals surface area contributed by atoms with Crippen molar-refractivity contribution >= 4 is 81.6 Å². The molecule has 10 aromatic rings. The van der Waals surface area contributed by atoms with Crippen molar-refractivity contribution in [1.82, 2.24) is 4.98 Å². The van der Waals surface area contributed by atoms with Crippen LogP contribution < -0.4 is 4.90 Å². The maximum Gasteiger partial charge on any atom is 0.227 e. The zero-order valence-corrected chi connectivity index (χ0v) is 26.4. The summed E-state index contributed by atoms with van der Waals surface area (Å²) in [7, 11) is 0. The van der Waals surface area contributed by atoms with E-state index >= 15 is 0 Å². The summed E-state index contributed by atoms with van der Waals surface area (Å²) in [4.78, 5) is 7.18. The Bertz CT molecular complexity index is 2780. The average Bonchev–Trinajstić information content (AvgIpc) is 3.84. The highest BCUT2D eigenvalue weighted by Gasteiger charge is 2.18. The molecule has 0 aliphatic carbocycles. The van der Waals surface area contributed by atoms with E-state index in [1.807, 2.05) is 48.5 Å². The van der Waals surface area contributed by atoms with E-state index in [2.05, 4.69) is 114 Å². The van der Waals surface area contributed by atoms with Crippen molar-refractivity contribution in [3.63, 3.8) is 0 Å². The third-order valence-electron chi connectivity index (χ3n) is 9.10. The number of furan rings is 1. The molecule has 0 atom stereocenters. The zero-order chi connectivity index (χ0) is 31.6. The van der Waals surface area contributed by atoms with Gasteiger partial charge in [0.1, 0.15) is 16.7 Å². The summed E-state index contributed by atoms with van der Waals surface area (Å²) in [6.45, 7) is 0. The van der Waals surface area contributed by atoms with Gasteiger partial charge in [0.15, 0.2) is 5.58 Å². The number of anilines is 3. The van der Waals surface area contributed by atoms with Crippen molar-refractivity contribution < 1.29 is 8.83 Å². The molecule has 0 amide bonds. The average molecular weight is 635 g/mol. The van der Waals surface area contributed by atoms with Crippen molar-refractivity contribution in [3.05, 3.63) is 158 Å². The quantitative estimate of drug-likeness (QED) is 0.189. The van der Waals surface area contributed by atoms with Crippen LogP contribution in [0.25, 0.3) is 75.8 Å². The van der Waals surface area contributed by atoms with Crippen molar-refractivity contribution in [3.8, 4) is 22.6 Å². The maximum atomic E-state index is 6.34. The summed E-state index contributed by atoms with van der Waals surface area (Å²) in [5.41, 5.74) is 9.92. The number of aromatic nitrogens is 1. The molecule has 7 aromatic carbocycles. The number of oxazole rings is 1. The SMILES string of the molecule is c1ccc(-c2ccc(N(c3ccc4c(c3)oc3ccccc34)c3ccc4sc5cc6oc(-c7ccccc7)nc6cc5c4c3)cc2)cc1. The van der Waals surface area contributed by atoms with Gasteiger partial charge in [-0.15, -0.1) is 11.3 Å². The first-order chi connectivity index (χ1) is 23.7. The molecule has 0 bridgehead atoms. The highest BCUT2D eigenvalue weighted by Crippen LogP contribution is 2.43. The number of rotatable bonds is 5. The summed E-state index contributed by atoms with van der Waals surface area (Å²) >= 11 is 1.78. The summed E-state index contributed by atoms with van der Waals surface area (Å²) in [5.74, 6) is 0.638. The van der Waals surface area contributed by atoms with Gasteiger partial charge in [-0.25, -0.2) is 4.98 Å². The van der Waals surface area contributed by atoms with Crippen molar-refractivity contribution in [2.75, 3.05) is 4.90 Å². The lowest BCUT2D eigenvalue weighted by Crippen LogP contribution is -2.09. The number of nitrogens with zero attached hydrogens (tertiary/aromatic N) is 2. The van der Waals surface area contributed by atoms with Gasteiger partial charge in [0.2, 0.25) is 5.89 Å². The summed E-state index contributed by atoms with van der Waals surface area (Å²) in [5, 5.41) is 4.59. The molecule has 0 saturated carbocycles. The standard InChI is InChI=1S/C43H26N2O2S/c1-3-9-27(10-4-1)28-15-17-30(18-16-28)45(32-19-21-34-33-13-7-8-14-38(33)46-39(34)24-32)31-20-22-41-35(23-31)36-25-37-40(26-42(36)48-41)47-43(44-37)29-11-5-2-6-12-29/h1-26H. The first-order valence-corrected chi connectivity index (χ1v) is 16.8. The number of fused-ring (bicyclic) bond motifs is 7. The minimum absolute atomic E-state index is 0.638. The van der Waals surface area contributed by atoms with Crippen LogP contribution in [0.1, 0.15) is 0 Å². The molecule has 5 heteroatoms. The van der Waals surface area contributed by atoms with Crippen LogP contribution in [-0.4, -0.2) is 4.98 Å². The minimum atomic E-state index is 0.638. The van der Waals surface area contributed by atoms with Crippen LogP contribution in [-0.2, 0) is 0 Å². The molecule has 0 radical (unpaired) electrons. The second-order valence-corrected chi connectivity index (χ2v) is 13.1. The molecule has 0 unspecified atom stereocenters.